The van der Waals surface area contributed by atoms with Crippen LogP contribution in [0.3, 0.4) is 0 Å². The highest BCUT2D eigenvalue weighted by molar-refractivity contribution is 6.75. The molecule has 0 aromatic heterocycles. The van der Waals surface area contributed by atoms with Crippen molar-refractivity contribution in [2.24, 2.45) is 0 Å². The zero-order valence-electron chi connectivity index (χ0n) is 30.1. The summed E-state index contributed by atoms with van der Waals surface area (Å²) in [7, 11) is -6.14. The fourth-order valence-electron chi connectivity index (χ4n) is 3.80. The minimum atomic E-state index is -2.21. The Hall–Kier alpha value is -1.88. The van der Waals surface area contributed by atoms with E-state index in [0.29, 0.717) is 6.42 Å². The van der Waals surface area contributed by atoms with Crippen LogP contribution in [-0.4, -0.2) is 30.9 Å². The third-order valence-corrected chi connectivity index (χ3v) is 23.1. The first kappa shape index (κ1) is 37.3. The fourth-order valence-corrected chi connectivity index (χ4v) is 6.42. The quantitative estimate of drug-likeness (QED) is 0.138. The van der Waals surface area contributed by atoms with Crippen molar-refractivity contribution in [1.29, 1.82) is 0 Å². The third-order valence-electron chi connectivity index (χ3n) is 10.3. The second kappa shape index (κ2) is 12.9. The Labute approximate surface area is 266 Å². The summed E-state index contributed by atoms with van der Waals surface area (Å²) < 4.78 is 18.9. The van der Waals surface area contributed by atoms with Gasteiger partial charge in [0.2, 0.25) is 16.6 Å². The first-order chi connectivity index (χ1) is 19.2. The van der Waals surface area contributed by atoms with Crippen LogP contribution < -0.4 is 8.85 Å². The molecule has 0 bridgehead atoms. The van der Waals surface area contributed by atoms with E-state index in [4.69, 9.17) is 18.3 Å². The zero-order chi connectivity index (χ0) is 33.3. The topological polar surface area (TPSA) is 54.0 Å². The van der Waals surface area contributed by atoms with Crippen LogP contribution in [0.2, 0.25) is 54.4 Å². The van der Waals surface area contributed by atoms with Crippen molar-refractivity contribution in [1.82, 2.24) is 0 Å². The van der Waals surface area contributed by atoms with Gasteiger partial charge in [-0.05, 0) is 96.2 Å². The summed E-state index contributed by atoms with van der Waals surface area (Å²) >= 11 is 0. The van der Waals surface area contributed by atoms with Crippen molar-refractivity contribution < 1.29 is 23.1 Å². The minimum Gasteiger partial charge on any atom is -0.544 e. The molecule has 0 saturated carbocycles. The summed E-state index contributed by atoms with van der Waals surface area (Å²) in [5, 5.41) is 0.173. The Kier molecular flexibility index (Phi) is 11.2. The number of carbonyl (C=O) groups excluding carboxylic acids is 1. The van der Waals surface area contributed by atoms with E-state index < -0.39 is 30.4 Å². The van der Waals surface area contributed by atoms with E-state index in [1.165, 1.54) is 0 Å². The Bertz CT molecular complexity index is 1140. The van der Waals surface area contributed by atoms with E-state index in [1.807, 2.05) is 0 Å². The van der Waals surface area contributed by atoms with Crippen molar-refractivity contribution in [3.05, 3.63) is 59.7 Å². The van der Waals surface area contributed by atoms with Crippen molar-refractivity contribution in [2.45, 2.75) is 142 Å². The number of benzene rings is 2. The fraction of sp³-hybridized carbons (Fsp3) is 0.629. The Balaban J connectivity index is 2.39. The smallest absolute Gasteiger partial charge is 0.340 e. The van der Waals surface area contributed by atoms with E-state index in [-0.39, 0.29) is 27.5 Å². The molecule has 0 amide bonds. The van der Waals surface area contributed by atoms with Gasteiger partial charge >= 0.3 is 5.97 Å². The summed E-state index contributed by atoms with van der Waals surface area (Å²) in [4.78, 5) is 18.4. The van der Waals surface area contributed by atoms with Gasteiger partial charge in [-0.1, -0.05) is 93.5 Å². The normalized spacial score (nSPS) is 14.0. The molecular formula is C35H60O5Si3. The number of rotatable bonds is 11. The first-order valence-corrected chi connectivity index (χ1v) is 24.4. The van der Waals surface area contributed by atoms with Crippen LogP contribution in [0.25, 0.3) is 0 Å². The molecule has 0 spiro atoms. The molecule has 0 fully saturated rings. The van der Waals surface area contributed by atoms with Crippen LogP contribution >= 0.6 is 0 Å². The van der Waals surface area contributed by atoms with Gasteiger partial charge in [-0.2, -0.15) is 0 Å². The average molecular weight is 645 g/mol. The molecule has 2 rings (SSSR count). The largest absolute Gasteiger partial charge is 0.544 e. The van der Waals surface area contributed by atoms with Gasteiger partial charge < -0.3 is 13.7 Å². The van der Waals surface area contributed by atoms with Gasteiger partial charge in [0, 0.05) is 11.8 Å². The Morgan fingerprint density at radius 2 is 0.884 bits per heavy atom. The van der Waals surface area contributed by atoms with Gasteiger partial charge in [-0.3, -0.25) is 0 Å². The molecule has 0 heterocycles. The summed E-state index contributed by atoms with van der Waals surface area (Å²) in [5.74, 6) is 1.43. The molecule has 0 atom stereocenters. The van der Waals surface area contributed by atoms with Crippen LogP contribution in [0.5, 0.6) is 11.5 Å². The summed E-state index contributed by atoms with van der Waals surface area (Å²) in [6.07, 6.45) is 0.799. The molecule has 0 aliphatic carbocycles. The number of hydrogen-bond donors (Lipinski definition) is 0. The lowest BCUT2D eigenvalue weighted by atomic mass is 9.73. The molecule has 0 N–H and O–H groups in total. The van der Waals surface area contributed by atoms with Crippen molar-refractivity contribution >= 4 is 30.9 Å². The molecule has 0 saturated heterocycles. The predicted octanol–water partition coefficient (Wildman–Crippen LogP) is 11.0. The highest BCUT2D eigenvalue weighted by Gasteiger charge is 2.42. The van der Waals surface area contributed by atoms with Gasteiger partial charge in [-0.15, -0.1) is 0 Å². The Morgan fingerprint density at radius 1 is 0.558 bits per heavy atom. The molecule has 2 aromatic carbocycles. The lowest BCUT2D eigenvalue weighted by molar-refractivity contribution is -0.221. The number of carbonyl (C=O) groups is 1. The molecule has 242 valence electrons. The SMILES string of the molecule is CC(CCC(=O)OO[Si](C)(C)C(C)(C)C)(c1ccc(O[Si](C)(C)C(C)(C)C)cc1)c1ccc(O[Si](C)(C)C(C)(C)C)cc1. The number of hydrogen-bond acceptors (Lipinski definition) is 5. The summed E-state index contributed by atoms with van der Waals surface area (Å²) in [6.45, 7) is 35.2. The zero-order valence-corrected chi connectivity index (χ0v) is 33.1. The van der Waals surface area contributed by atoms with Crippen LogP contribution in [0.1, 0.15) is 93.2 Å². The van der Waals surface area contributed by atoms with Crippen LogP contribution in [0.15, 0.2) is 48.5 Å². The summed E-state index contributed by atoms with van der Waals surface area (Å²) in [5.41, 5.74) is 1.79. The van der Waals surface area contributed by atoms with Crippen molar-refractivity contribution in [3.8, 4) is 11.5 Å². The maximum absolute atomic E-state index is 13.0. The second-order valence-corrected chi connectivity index (χ2v) is 31.0. The van der Waals surface area contributed by atoms with Crippen molar-refractivity contribution in [2.75, 3.05) is 0 Å². The average Bonchev–Trinajstić information content (AvgIpc) is 2.84. The van der Waals surface area contributed by atoms with Crippen LogP contribution in [0, 0.1) is 0 Å². The molecule has 0 radical (unpaired) electrons. The second-order valence-electron chi connectivity index (χ2n) is 16.9. The molecule has 0 aliphatic heterocycles. The maximum atomic E-state index is 13.0. The molecule has 0 unspecified atom stereocenters. The van der Waals surface area contributed by atoms with E-state index in [1.54, 1.807) is 0 Å². The highest BCUT2D eigenvalue weighted by atomic mass is 28.4. The molecule has 0 aliphatic rings. The van der Waals surface area contributed by atoms with Gasteiger partial charge in [-0.25, -0.2) is 9.37 Å². The first-order valence-electron chi connectivity index (χ1n) is 15.7. The van der Waals surface area contributed by atoms with Crippen LogP contribution in [-0.2, 0) is 19.7 Å². The van der Waals surface area contributed by atoms with Crippen LogP contribution in [0.4, 0.5) is 0 Å². The lowest BCUT2D eigenvalue weighted by Crippen LogP contribution is -2.43. The van der Waals surface area contributed by atoms with Gasteiger partial charge in [0.1, 0.15) is 11.5 Å². The standard InChI is InChI=1S/C35H60O5Si3/c1-32(2,3)41(11,12)38-29-21-17-27(18-22-29)35(10,26-25-31(36)37-40-43(15,16)34(7,8)9)28-19-23-30(24-20-28)39-42(13,14)33(4,5)6/h17-24H,25-26H2,1-16H3. The lowest BCUT2D eigenvalue weighted by Gasteiger charge is -2.37. The van der Waals surface area contributed by atoms with E-state index in [9.17, 15) is 4.79 Å². The van der Waals surface area contributed by atoms with Crippen molar-refractivity contribution in [3.63, 3.8) is 0 Å². The maximum Gasteiger partial charge on any atom is 0.340 e. The van der Waals surface area contributed by atoms with E-state index in [0.717, 1.165) is 22.6 Å². The Morgan fingerprint density at radius 3 is 1.19 bits per heavy atom. The highest BCUT2D eigenvalue weighted by Crippen LogP contribution is 2.42. The molecule has 8 heteroatoms. The summed E-state index contributed by atoms with van der Waals surface area (Å²) in [6, 6.07) is 16.8. The predicted molar refractivity (Wildman–Crippen MR) is 189 cm³/mol. The minimum absolute atomic E-state index is 0.0513. The molecular weight excluding hydrogens is 585 g/mol. The monoisotopic (exact) mass is 644 g/mol. The van der Waals surface area contributed by atoms with Gasteiger partial charge in [0.05, 0.1) is 0 Å². The van der Waals surface area contributed by atoms with Gasteiger partial charge in [0.15, 0.2) is 0 Å². The van der Waals surface area contributed by atoms with E-state index >= 15 is 0 Å². The molecule has 5 nitrogen and oxygen atoms in total. The third kappa shape index (κ3) is 9.31. The van der Waals surface area contributed by atoms with Gasteiger partial charge in [0.25, 0.3) is 8.32 Å². The van der Waals surface area contributed by atoms with E-state index in [2.05, 4.69) is 157 Å². The molecule has 2 aromatic rings. The molecule has 43 heavy (non-hydrogen) atoms.